The number of hydrogen-bond acceptors (Lipinski definition) is 3. The van der Waals surface area contributed by atoms with Crippen LogP contribution in [0, 0.1) is 3.57 Å². The first-order chi connectivity index (χ1) is 10.1. The average molecular weight is 475 g/mol. The molecular formula is C15H12BrIN2OS. The lowest BCUT2D eigenvalue weighted by atomic mass is 10.1. The third-order valence-electron chi connectivity index (χ3n) is 3.25. The van der Waals surface area contributed by atoms with Crippen molar-refractivity contribution in [3.05, 3.63) is 50.0 Å². The second kappa shape index (κ2) is 6.18. The Morgan fingerprint density at radius 3 is 2.90 bits per heavy atom. The summed E-state index contributed by atoms with van der Waals surface area (Å²) in [5, 5.41) is 0. The molecule has 3 rings (SSSR count). The lowest BCUT2D eigenvalue weighted by Crippen LogP contribution is -2.36. The van der Waals surface area contributed by atoms with Crippen LogP contribution in [-0.4, -0.2) is 18.2 Å². The molecule has 108 valence electrons. The number of carbonyl (C=O) groups is 1. The van der Waals surface area contributed by atoms with Crippen molar-refractivity contribution in [1.29, 1.82) is 0 Å². The third kappa shape index (κ3) is 3.07. The first-order valence-electron chi connectivity index (χ1n) is 6.35. The molecule has 0 aliphatic carbocycles. The van der Waals surface area contributed by atoms with Gasteiger partial charge in [0.25, 0.3) is 5.91 Å². The van der Waals surface area contributed by atoms with E-state index in [0.717, 1.165) is 24.4 Å². The van der Waals surface area contributed by atoms with Crippen molar-refractivity contribution in [2.24, 2.45) is 0 Å². The lowest BCUT2D eigenvalue weighted by Gasteiger charge is -2.29. The van der Waals surface area contributed by atoms with Crippen LogP contribution in [0.4, 0.5) is 11.4 Å². The van der Waals surface area contributed by atoms with E-state index >= 15 is 0 Å². The van der Waals surface area contributed by atoms with Crippen LogP contribution in [0.1, 0.15) is 10.4 Å². The quantitative estimate of drug-likeness (QED) is 0.492. The van der Waals surface area contributed by atoms with Crippen LogP contribution >= 0.6 is 50.3 Å². The van der Waals surface area contributed by atoms with Crippen LogP contribution in [0.3, 0.4) is 0 Å². The molecular weight excluding hydrogens is 463 g/mol. The molecule has 1 aliphatic rings. The zero-order valence-corrected chi connectivity index (χ0v) is 15.5. The molecule has 3 nitrogen and oxygen atoms in total. The standard InChI is InChI=1S/C15H12BrIN2OS/c16-9-1-3-12(17)11(7-9)15(20)19-5-6-21-14-4-2-10(18)8-13(14)19/h1-4,7-8H,5-6,18H2. The van der Waals surface area contributed by atoms with E-state index in [1.54, 1.807) is 11.8 Å². The molecule has 0 radical (unpaired) electrons. The summed E-state index contributed by atoms with van der Waals surface area (Å²) in [6, 6.07) is 11.5. The van der Waals surface area contributed by atoms with E-state index in [4.69, 9.17) is 5.73 Å². The van der Waals surface area contributed by atoms with Crippen molar-refractivity contribution in [2.75, 3.05) is 22.9 Å². The van der Waals surface area contributed by atoms with Crippen LogP contribution in [0.5, 0.6) is 0 Å². The maximum Gasteiger partial charge on any atom is 0.259 e. The highest BCUT2D eigenvalue weighted by Gasteiger charge is 2.25. The number of halogens is 2. The molecule has 2 N–H and O–H groups in total. The number of thioether (sulfide) groups is 1. The SMILES string of the molecule is Nc1ccc2c(c1)N(C(=O)c1cc(Br)ccc1I)CCS2. The second-order valence-electron chi connectivity index (χ2n) is 4.66. The fourth-order valence-electron chi connectivity index (χ4n) is 2.25. The number of amides is 1. The first kappa shape index (κ1) is 15.2. The van der Waals surface area contributed by atoms with E-state index in [9.17, 15) is 4.79 Å². The smallest absolute Gasteiger partial charge is 0.259 e. The molecule has 0 saturated heterocycles. The van der Waals surface area contributed by atoms with Gasteiger partial charge >= 0.3 is 0 Å². The molecule has 21 heavy (non-hydrogen) atoms. The number of hydrogen-bond donors (Lipinski definition) is 1. The topological polar surface area (TPSA) is 46.3 Å². The molecule has 0 aromatic heterocycles. The first-order valence-corrected chi connectivity index (χ1v) is 9.21. The normalized spacial score (nSPS) is 13.9. The van der Waals surface area contributed by atoms with E-state index in [0.29, 0.717) is 17.8 Å². The van der Waals surface area contributed by atoms with Crippen molar-refractivity contribution in [3.8, 4) is 0 Å². The van der Waals surface area contributed by atoms with Crippen molar-refractivity contribution in [3.63, 3.8) is 0 Å². The maximum atomic E-state index is 12.9. The minimum absolute atomic E-state index is 0.0212. The van der Waals surface area contributed by atoms with E-state index < -0.39 is 0 Å². The van der Waals surface area contributed by atoms with Gasteiger partial charge in [-0.15, -0.1) is 11.8 Å². The van der Waals surface area contributed by atoms with Crippen LogP contribution in [-0.2, 0) is 0 Å². The van der Waals surface area contributed by atoms with Gasteiger partial charge in [0.15, 0.2) is 0 Å². The molecule has 1 aliphatic heterocycles. The van der Waals surface area contributed by atoms with Crippen LogP contribution in [0.25, 0.3) is 0 Å². The number of nitrogen functional groups attached to an aromatic ring is 1. The van der Waals surface area contributed by atoms with Gasteiger partial charge in [0.2, 0.25) is 0 Å². The molecule has 0 unspecified atom stereocenters. The number of fused-ring (bicyclic) bond motifs is 1. The Morgan fingerprint density at radius 2 is 2.10 bits per heavy atom. The van der Waals surface area contributed by atoms with Crippen molar-refractivity contribution in [2.45, 2.75) is 4.90 Å². The average Bonchev–Trinajstić information content (AvgIpc) is 2.48. The van der Waals surface area contributed by atoms with Crippen molar-refractivity contribution < 1.29 is 4.79 Å². The number of nitrogens with two attached hydrogens (primary N) is 1. The van der Waals surface area contributed by atoms with Gasteiger partial charge in [0.1, 0.15) is 0 Å². The van der Waals surface area contributed by atoms with Crippen molar-refractivity contribution >= 4 is 67.6 Å². The predicted molar refractivity (Wildman–Crippen MR) is 100 cm³/mol. The number of anilines is 2. The van der Waals surface area contributed by atoms with Gasteiger partial charge < -0.3 is 10.6 Å². The molecule has 0 fully saturated rings. The lowest BCUT2D eigenvalue weighted by molar-refractivity contribution is 0.0987. The van der Waals surface area contributed by atoms with Crippen LogP contribution in [0.15, 0.2) is 45.8 Å². The third-order valence-corrected chi connectivity index (χ3v) is 5.73. The Balaban J connectivity index is 2.04. The van der Waals surface area contributed by atoms with Gasteiger partial charge in [0, 0.05) is 30.9 Å². The van der Waals surface area contributed by atoms with Gasteiger partial charge in [0.05, 0.1) is 11.3 Å². The Hall–Kier alpha value is -0.730. The minimum atomic E-state index is 0.0212. The summed E-state index contributed by atoms with van der Waals surface area (Å²) in [7, 11) is 0. The largest absolute Gasteiger partial charge is 0.399 e. The number of rotatable bonds is 1. The van der Waals surface area contributed by atoms with Gasteiger partial charge in [-0.05, 0) is 59.0 Å². The highest BCUT2D eigenvalue weighted by molar-refractivity contribution is 14.1. The minimum Gasteiger partial charge on any atom is -0.399 e. The van der Waals surface area contributed by atoms with E-state index in [1.807, 2.05) is 41.3 Å². The Kier molecular flexibility index (Phi) is 4.46. The Bertz CT molecular complexity index is 723. The molecule has 2 aromatic carbocycles. The maximum absolute atomic E-state index is 12.9. The number of benzene rings is 2. The monoisotopic (exact) mass is 474 g/mol. The predicted octanol–water partition coefficient (Wildman–Crippen LogP) is 4.39. The van der Waals surface area contributed by atoms with Gasteiger partial charge in [-0.2, -0.15) is 0 Å². The summed E-state index contributed by atoms with van der Waals surface area (Å²) in [4.78, 5) is 15.8. The highest BCUT2D eigenvalue weighted by atomic mass is 127. The zero-order valence-electron chi connectivity index (χ0n) is 11.0. The van der Waals surface area contributed by atoms with Gasteiger partial charge in [-0.1, -0.05) is 15.9 Å². The van der Waals surface area contributed by atoms with E-state index in [1.165, 1.54) is 0 Å². The van der Waals surface area contributed by atoms with Gasteiger partial charge in [-0.3, -0.25) is 4.79 Å². The summed E-state index contributed by atoms with van der Waals surface area (Å²) in [6.07, 6.45) is 0. The number of carbonyl (C=O) groups excluding carboxylic acids is 1. The molecule has 0 saturated carbocycles. The van der Waals surface area contributed by atoms with E-state index in [2.05, 4.69) is 38.5 Å². The molecule has 2 aromatic rings. The molecule has 0 bridgehead atoms. The second-order valence-corrected chi connectivity index (χ2v) is 7.87. The Morgan fingerprint density at radius 1 is 1.29 bits per heavy atom. The molecule has 1 heterocycles. The fraction of sp³-hybridized carbons (Fsp3) is 0.133. The van der Waals surface area contributed by atoms with Crippen molar-refractivity contribution in [1.82, 2.24) is 0 Å². The number of nitrogens with zero attached hydrogens (tertiary/aromatic N) is 1. The molecule has 6 heteroatoms. The molecule has 0 atom stereocenters. The Labute approximate surface area is 149 Å². The summed E-state index contributed by atoms with van der Waals surface area (Å²) in [5.41, 5.74) is 8.18. The van der Waals surface area contributed by atoms with E-state index in [-0.39, 0.29) is 5.91 Å². The fourth-order valence-corrected chi connectivity index (χ4v) is 4.15. The van der Waals surface area contributed by atoms with Crippen LogP contribution in [0.2, 0.25) is 0 Å². The highest BCUT2D eigenvalue weighted by Crippen LogP contribution is 2.37. The summed E-state index contributed by atoms with van der Waals surface area (Å²) < 4.78 is 1.86. The van der Waals surface area contributed by atoms with Crippen LogP contribution < -0.4 is 10.6 Å². The summed E-state index contributed by atoms with van der Waals surface area (Å²) in [6.45, 7) is 0.697. The summed E-state index contributed by atoms with van der Waals surface area (Å²) in [5.74, 6) is 0.917. The molecule has 1 amide bonds. The molecule has 0 spiro atoms. The zero-order chi connectivity index (χ0) is 15.0. The van der Waals surface area contributed by atoms with Gasteiger partial charge in [-0.25, -0.2) is 0 Å². The summed E-state index contributed by atoms with van der Waals surface area (Å²) >= 11 is 7.39.